The molecule has 2 aromatic rings. The second kappa shape index (κ2) is 7.17. The molecular formula is C19H23N3O2. The molecule has 1 atom stereocenters. The van der Waals surface area contributed by atoms with Gasteiger partial charge >= 0.3 is 0 Å². The summed E-state index contributed by atoms with van der Waals surface area (Å²) < 4.78 is 0. The Morgan fingerprint density at radius 1 is 1.21 bits per heavy atom. The predicted octanol–water partition coefficient (Wildman–Crippen LogP) is 2.64. The van der Waals surface area contributed by atoms with Gasteiger partial charge in [-0.15, -0.1) is 0 Å². The third-order valence-electron chi connectivity index (χ3n) is 4.19. The molecule has 0 aromatic heterocycles. The monoisotopic (exact) mass is 325 g/mol. The Hall–Kier alpha value is -2.82. The molecule has 0 spiro atoms. The quantitative estimate of drug-likeness (QED) is 0.448. The number of carbonyl (C=O) groups is 1. The highest BCUT2D eigenvalue weighted by Gasteiger charge is 2.36. The number of hydrogen-bond donors (Lipinski definition) is 3. The fourth-order valence-electron chi connectivity index (χ4n) is 2.69. The zero-order chi connectivity index (χ0) is 17.7. The van der Waals surface area contributed by atoms with Gasteiger partial charge < -0.3 is 21.0 Å². The van der Waals surface area contributed by atoms with Crippen molar-refractivity contribution in [2.45, 2.75) is 19.4 Å². The van der Waals surface area contributed by atoms with Crippen molar-refractivity contribution in [3.8, 4) is 16.9 Å². The predicted molar refractivity (Wildman–Crippen MR) is 96.8 cm³/mol. The van der Waals surface area contributed by atoms with Gasteiger partial charge in [0.05, 0.1) is 0 Å². The number of nitrogens with two attached hydrogens (primary N) is 1. The number of phenols is 1. The van der Waals surface area contributed by atoms with Crippen molar-refractivity contribution >= 4 is 12.2 Å². The number of nitrogens with zero attached hydrogens (tertiary/aromatic N) is 1. The smallest absolute Gasteiger partial charge is 0.189 e. The number of guanidine groups is 1. The van der Waals surface area contributed by atoms with Crippen LogP contribution in [0.25, 0.3) is 11.1 Å². The summed E-state index contributed by atoms with van der Waals surface area (Å²) >= 11 is 0. The van der Waals surface area contributed by atoms with Crippen LogP contribution in [0.4, 0.5) is 0 Å². The lowest BCUT2D eigenvalue weighted by molar-refractivity contribution is -0.114. The number of hydrogen-bond acceptors (Lipinski definition) is 3. The molecule has 4 N–H and O–H groups in total. The van der Waals surface area contributed by atoms with Gasteiger partial charge in [0.25, 0.3) is 0 Å². The second-order valence-electron chi connectivity index (χ2n) is 6.01. The normalized spacial score (nSPS) is 14.2. The average Bonchev–Trinajstić information content (AvgIpc) is 2.59. The van der Waals surface area contributed by atoms with Crippen molar-refractivity contribution in [3.05, 3.63) is 54.1 Å². The van der Waals surface area contributed by atoms with Crippen molar-refractivity contribution in [3.63, 3.8) is 0 Å². The zero-order valence-corrected chi connectivity index (χ0v) is 14.2. The van der Waals surface area contributed by atoms with Crippen LogP contribution in [0.1, 0.15) is 19.4 Å². The Morgan fingerprint density at radius 2 is 1.83 bits per heavy atom. The molecule has 24 heavy (non-hydrogen) atoms. The summed E-state index contributed by atoms with van der Waals surface area (Å²) in [5, 5.41) is 12.7. The van der Waals surface area contributed by atoms with Crippen molar-refractivity contribution in [1.29, 1.82) is 0 Å². The lowest BCUT2D eigenvalue weighted by Crippen LogP contribution is -2.53. The zero-order valence-electron chi connectivity index (χ0n) is 14.2. The Balaban J connectivity index is 2.56. The van der Waals surface area contributed by atoms with Gasteiger partial charge in [0.2, 0.25) is 0 Å². The Kier molecular flexibility index (Phi) is 5.24. The second-order valence-corrected chi connectivity index (χ2v) is 6.01. The SMILES string of the molecule is CN=C(N)NC(C=O)(c1cccc(-c2cccc(O)c2)c1)C(C)C. The standard InChI is InChI=1S/C19H23N3O2/c1-13(2)19(12-23,22-18(20)21-3)16-8-4-6-14(10-16)15-7-5-9-17(24)11-15/h4-13,24H,1-3H3,(H3,20,21,22). The minimum atomic E-state index is -0.976. The molecule has 0 saturated heterocycles. The summed E-state index contributed by atoms with van der Waals surface area (Å²) in [5.41, 5.74) is 7.42. The van der Waals surface area contributed by atoms with Crippen LogP contribution in [0.2, 0.25) is 0 Å². The van der Waals surface area contributed by atoms with Crippen molar-refractivity contribution < 1.29 is 9.90 Å². The fourth-order valence-corrected chi connectivity index (χ4v) is 2.69. The Bertz CT molecular complexity index is 756. The van der Waals surface area contributed by atoms with Crippen LogP contribution in [0.3, 0.4) is 0 Å². The number of rotatable bonds is 5. The molecule has 0 radical (unpaired) electrons. The van der Waals surface area contributed by atoms with Gasteiger partial charge in [0.15, 0.2) is 5.96 Å². The van der Waals surface area contributed by atoms with Gasteiger partial charge in [0, 0.05) is 7.05 Å². The van der Waals surface area contributed by atoms with E-state index in [1.165, 1.54) is 0 Å². The van der Waals surface area contributed by atoms with Crippen LogP contribution >= 0.6 is 0 Å². The molecule has 0 aliphatic carbocycles. The molecule has 5 nitrogen and oxygen atoms in total. The van der Waals surface area contributed by atoms with Crippen LogP contribution in [0.5, 0.6) is 5.75 Å². The average molecular weight is 325 g/mol. The molecule has 2 aromatic carbocycles. The van der Waals surface area contributed by atoms with Crippen molar-refractivity contribution in [2.24, 2.45) is 16.6 Å². The van der Waals surface area contributed by atoms with Crippen LogP contribution in [0, 0.1) is 5.92 Å². The van der Waals surface area contributed by atoms with E-state index < -0.39 is 5.54 Å². The molecule has 0 heterocycles. The highest BCUT2D eigenvalue weighted by atomic mass is 16.3. The molecule has 126 valence electrons. The van der Waals surface area contributed by atoms with Gasteiger partial charge in [-0.25, -0.2) is 0 Å². The number of aliphatic imine (C=N–C) groups is 1. The van der Waals surface area contributed by atoms with E-state index in [4.69, 9.17) is 5.73 Å². The number of phenolic OH excluding ortho intramolecular Hbond substituents is 1. The van der Waals surface area contributed by atoms with E-state index in [1.807, 2.05) is 44.2 Å². The number of aldehydes is 1. The lowest BCUT2D eigenvalue weighted by Gasteiger charge is -2.34. The molecule has 0 aliphatic heterocycles. The van der Waals surface area contributed by atoms with E-state index >= 15 is 0 Å². The summed E-state index contributed by atoms with van der Waals surface area (Å²) in [5.74, 6) is 0.359. The summed E-state index contributed by atoms with van der Waals surface area (Å²) in [6.45, 7) is 3.90. The molecule has 5 heteroatoms. The highest BCUT2D eigenvalue weighted by molar-refractivity contribution is 5.84. The maximum atomic E-state index is 12.0. The summed E-state index contributed by atoms with van der Waals surface area (Å²) in [7, 11) is 1.57. The van der Waals surface area contributed by atoms with Crippen molar-refractivity contribution in [1.82, 2.24) is 5.32 Å². The fraction of sp³-hybridized carbons (Fsp3) is 0.263. The molecule has 0 bridgehead atoms. The number of carbonyl (C=O) groups excluding carboxylic acids is 1. The van der Waals surface area contributed by atoms with Gasteiger partial charge in [-0.2, -0.15) is 0 Å². The van der Waals surface area contributed by atoms with Gasteiger partial charge in [-0.3, -0.25) is 4.99 Å². The van der Waals surface area contributed by atoms with E-state index in [0.29, 0.717) is 0 Å². The first kappa shape index (κ1) is 17.5. The first-order valence-corrected chi connectivity index (χ1v) is 7.79. The molecule has 1 unspecified atom stereocenters. The van der Waals surface area contributed by atoms with Crippen LogP contribution < -0.4 is 11.1 Å². The molecular weight excluding hydrogens is 302 g/mol. The first-order valence-electron chi connectivity index (χ1n) is 7.79. The minimum absolute atomic E-state index is 0.0465. The number of nitrogens with one attached hydrogen (secondary N) is 1. The topological polar surface area (TPSA) is 87.7 Å². The number of benzene rings is 2. The molecule has 0 fully saturated rings. The maximum absolute atomic E-state index is 12.0. The largest absolute Gasteiger partial charge is 0.508 e. The summed E-state index contributed by atoms with van der Waals surface area (Å²) in [4.78, 5) is 15.9. The van der Waals surface area contributed by atoms with Gasteiger partial charge in [-0.05, 0) is 40.8 Å². The van der Waals surface area contributed by atoms with E-state index in [-0.39, 0.29) is 17.6 Å². The summed E-state index contributed by atoms with van der Waals surface area (Å²) in [6.07, 6.45) is 0.872. The third kappa shape index (κ3) is 3.40. The van der Waals surface area contributed by atoms with Crippen LogP contribution in [0.15, 0.2) is 53.5 Å². The molecule has 2 rings (SSSR count). The van der Waals surface area contributed by atoms with Crippen LogP contribution in [-0.2, 0) is 10.3 Å². The number of aromatic hydroxyl groups is 1. The van der Waals surface area contributed by atoms with E-state index in [1.54, 1.807) is 25.2 Å². The highest BCUT2D eigenvalue weighted by Crippen LogP contribution is 2.31. The molecule has 0 amide bonds. The lowest BCUT2D eigenvalue weighted by atomic mass is 9.80. The Morgan fingerprint density at radius 3 is 2.38 bits per heavy atom. The Labute approximate surface area is 142 Å². The van der Waals surface area contributed by atoms with Gasteiger partial charge in [-0.1, -0.05) is 44.2 Å². The first-order chi connectivity index (χ1) is 11.4. The van der Waals surface area contributed by atoms with Crippen molar-refractivity contribution in [2.75, 3.05) is 7.05 Å². The van der Waals surface area contributed by atoms with E-state index in [9.17, 15) is 9.90 Å². The van der Waals surface area contributed by atoms with Gasteiger partial charge in [0.1, 0.15) is 17.6 Å². The molecule has 0 aliphatic rings. The molecule has 0 saturated carbocycles. The van der Waals surface area contributed by atoms with E-state index in [2.05, 4.69) is 10.3 Å². The minimum Gasteiger partial charge on any atom is -0.508 e. The van der Waals surface area contributed by atoms with E-state index in [0.717, 1.165) is 23.0 Å². The van der Waals surface area contributed by atoms with Crippen LogP contribution in [-0.4, -0.2) is 24.4 Å². The summed E-state index contributed by atoms with van der Waals surface area (Å²) in [6, 6.07) is 14.6. The third-order valence-corrected chi connectivity index (χ3v) is 4.19. The maximum Gasteiger partial charge on any atom is 0.189 e.